The molecule has 1 N–H and O–H groups in total. The van der Waals surface area contributed by atoms with Crippen LogP contribution in [0.25, 0.3) is 0 Å². The van der Waals surface area contributed by atoms with Gasteiger partial charge in [0.2, 0.25) is 0 Å². The minimum atomic E-state index is -0.456. The van der Waals surface area contributed by atoms with Crippen LogP contribution in [0.1, 0.15) is 24.9 Å². The second-order valence-electron chi connectivity index (χ2n) is 3.77. The first kappa shape index (κ1) is 11.4. The lowest BCUT2D eigenvalue weighted by molar-refractivity contribution is 0.185. The van der Waals surface area contributed by atoms with Gasteiger partial charge in [0, 0.05) is 6.61 Å². The van der Waals surface area contributed by atoms with Crippen LogP contribution in [0.15, 0.2) is 9.59 Å². The number of hydrogen-bond donors (Lipinski definition) is 1. The van der Waals surface area contributed by atoms with E-state index in [-0.39, 0.29) is 16.8 Å². The third-order valence-electron chi connectivity index (χ3n) is 2.80. The zero-order valence-corrected chi connectivity index (χ0v) is 9.71. The molecule has 2 rings (SSSR count). The monoisotopic (exact) mass is 244 g/mol. The molecule has 1 aliphatic heterocycles. The van der Waals surface area contributed by atoms with Gasteiger partial charge in [-0.1, -0.05) is 18.5 Å². The van der Waals surface area contributed by atoms with E-state index >= 15 is 0 Å². The number of rotatable bonds is 2. The van der Waals surface area contributed by atoms with Gasteiger partial charge in [-0.25, -0.2) is 4.79 Å². The van der Waals surface area contributed by atoms with Gasteiger partial charge < -0.3 is 4.74 Å². The van der Waals surface area contributed by atoms with E-state index in [0.29, 0.717) is 31.6 Å². The molecular formula is C10H13ClN2O3. The van der Waals surface area contributed by atoms with Crippen molar-refractivity contribution in [2.24, 2.45) is 0 Å². The largest absolute Gasteiger partial charge is 0.379 e. The molecule has 1 aliphatic rings. The highest BCUT2D eigenvalue weighted by atomic mass is 35.5. The summed E-state index contributed by atoms with van der Waals surface area (Å²) in [5, 5.41) is 0.146. The lowest BCUT2D eigenvalue weighted by Gasteiger charge is -2.12. The van der Waals surface area contributed by atoms with Gasteiger partial charge in [-0.15, -0.1) is 0 Å². The Bertz CT molecular complexity index is 500. The predicted octanol–water partition coefficient (Wildman–Crippen LogP) is 0.714. The molecular weight excluding hydrogens is 232 g/mol. The zero-order valence-electron chi connectivity index (χ0n) is 8.96. The normalized spacial score (nSPS) is 20.2. The standard InChI is InChI=1S/C10H13ClN2O3/c1-2-7-8(11)12-10(15)13(9(7)14)6-3-4-16-5-6/h6H,2-5H2,1H3,(H,12,15). The first-order valence-electron chi connectivity index (χ1n) is 5.26. The lowest BCUT2D eigenvalue weighted by Crippen LogP contribution is -2.40. The molecule has 0 bridgehead atoms. The molecule has 88 valence electrons. The zero-order chi connectivity index (χ0) is 11.7. The van der Waals surface area contributed by atoms with Crippen molar-refractivity contribution < 1.29 is 4.74 Å². The van der Waals surface area contributed by atoms with Crippen molar-refractivity contribution in [1.82, 2.24) is 9.55 Å². The quantitative estimate of drug-likeness (QED) is 0.780. The first-order chi connectivity index (χ1) is 7.65. The Morgan fingerprint density at radius 2 is 2.31 bits per heavy atom. The van der Waals surface area contributed by atoms with Gasteiger partial charge in [0.1, 0.15) is 5.15 Å². The van der Waals surface area contributed by atoms with Crippen molar-refractivity contribution in [1.29, 1.82) is 0 Å². The minimum absolute atomic E-state index is 0.146. The topological polar surface area (TPSA) is 64.1 Å². The van der Waals surface area contributed by atoms with Gasteiger partial charge in [-0.3, -0.25) is 14.3 Å². The van der Waals surface area contributed by atoms with E-state index in [1.165, 1.54) is 4.57 Å². The number of H-pyrrole nitrogens is 1. The Balaban J connectivity index is 2.60. The number of aromatic amines is 1. The van der Waals surface area contributed by atoms with E-state index in [0.717, 1.165) is 0 Å². The van der Waals surface area contributed by atoms with Crippen molar-refractivity contribution in [3.05, 3.63) is 31.6 Å². The van der Waals surface area contributed by atoms with Gasteiger partial charge in [0.15, 0.2) is 0 Å². The molecule has 0 aliphatic carbocycles. The third-order valence-corrected chi connectivity index (χ3v) is 3.12. The third kappa shape index (κ3) is 1.81. The summed E-state index contributed by atoms with van der Waals surface area (Å²) >= 11 is 5.81. The van der Waals surface area contributed by atoms with Crippen molar-refractivity contribution in [3.8, 4) is 0 Å². The molecule has 1 aromatic rings. The molecule has 1 unspecified atom stereocenters. The highest BCUT2D eigenvalue weighted by Crippen LogP contribution is 2.16. The van der Waals surface area contributed by atoms with Crippen LogP contribution in [0.2, 0.25) is 5.15 Å². The van der Waals surface area contributed by atoms with E-state index in [2.05, 4.69) is 4.98 Å². The smallest absolute Gasteiger partial charge is 0.329 e. The molecule has 6 heteroatoms. The fourth-order valence-corrected chi connectivity index (χ4v) is 2.22. The summed E-state index contributed by atoms with van der Waals surface area (Å²) in [6, 6.07) is -0.168. The van der Waals surface area contributed by atoms with Gasteiger partial charge in [0.05, 0.1) is 18.2 Å². The Labute approximate surface area is 97.0 Å². The summed E-state index contributed by atoms with van der Waals surface area (Å²) in [6.07, 6.45) is 1.19. The summed E-state index contributed by atoms with van der Waals surface area (Å²) in [5.41, 5.74) is -0.303. The fraction of sp³-hybridized carbons (Fsp3) is 0.600. The van der Waals surface area contributed by atoms with E-state index in [4.69, 9.17) is 16.3 Å². The van der Waals surface area contributed by atoms with Crippen molar-refractivity contribution in [2.75, 3.05) is 13.2 Å². The molecule has 2 heterocycles. The number of aromatic nitrogens is 2. The van der Waals surface area contributed by atoms with Crippen LogP contribution in [-0.2, 0) is 11.2 Å². The number of ether oxygens (including phenoxy) is 1. The van der Waals surface area contributed by atoms with Crippen LogP contribution in [-0.4, -0.2) is 22.8 Å². The SMILES string of the molecule is CCc1c(Cl)[nH]c(=O)n(C2CCOC2)c1=O. The maximum atomic E-state index is 12.0. The number of nitrogens with zero attached hydrogens (tertiary/aromatic N) is 1. The van der Waals surface area contributed by atoms with Crippen molar-refractivity contribution in [3.63, 3.8) is 0 Å². The van der Waals surface area contributed by atoms with Crippen molar-refractivity contribution in [2.45, 2.75) is 25.8 Å². The average molecular weight is 245 g/mol. The molecule has 0 radical (unpaired) electrons. The molecule has 0 spiro atoms. The summed E-state index contributed by atoms with van der Waals surface area (Å²) < 4.78 is 6.40. The first-order valence-corrected chi connectivity index (χ1v) is 5.64. The van der Waals surface area contributed by atoms with Crippen LogP contribution in [0.3, 0.4) is 0 Å². The summed E-state index contributed by atoms with van der Waals surface area (Å²) in [7, 11) is 0. The minimum Gasteiger partial charge on any atom is -0.379 e. The second kappa shape index (κ2) is 4.43. The molecule has 0 aromatic carbocycles. The molecule has 1 saturated heterocycles. The van der Waals surface area contributed by atoms with E-state index < -0.39 is 5.69 Å². The molecule has 1 atom stereocenters. The maximum Gasteiger partial charge on any atom is 0.329 e. The Morgan fingerprint density at radius 3 is 2.88 bits per heavy atom. The van der Waals surface area contributed by atoms with Crippen LogP contribution in [0.4, 0.5) is 0 Å². The summed E-state index contributed by atoms with van der Waals surface area (Å²) in [5.74, 6) is 0. The Hall–Kier alpha value is -1.07. The molecule has 5 nitrogen and oxygen atoms in total. The molecule has 1 fully saturated rings. The molecule has 1 aromatic heterocycles. The Kier molecular flexibility index (Phi) is 3.16. The predicted molar refractivity (Wildman–Crippen MR) is 60.2 cm³/mol. The van der Waals surface area contributed by atoms with Gasteiger partial charge in [-0.2, -0.15) is 0 Å². The maximum absolute atomic E-state index is 12.0. The van der Waals surface area contributed by atoms with Crippen LogP contribution in [0, 0.1) is 0 Å². The molecule has 0 saturated carbocycles. The Morgan fingerprint density at radius 1 is 1.56 bits per heavy atom. The van der Waals surface area contributed by atoms with Gasteiger partial charge in [-0.05, 0) is 12.8 Å². The van der Waals surface area contributed by atoms with E-state index in [9.17, 15) is 9.59 Å². The van der Waals surface area contributed by atoms with Crippen LogP contribution in [0.5, 0.6) is 0 Å². The number of nitrogens with one attached hydrogen (secondary N) is 1. The fourth-order valence-electron chi connectivity index (χ4n) is 1.92. The highest BCUT2D eigenvalue weighted by molar-refractivity contribution is 6.30. The number of halogens is 1. The van der Waals surface area contributed by atoms with Crippen LogP contribution < -0.4 is 11.2 Å². The lowest BCUT2D eigenvalue weighted by atomic mass is 10.2. The van der Waals surface area contributed by atoms with Crippen LogP contribution >= 0.6 is 11.6 Å². The summed E-state index contributed by atoms with van der Waals surface area (Å²) in [6.45, 7) is 2.82. The van der Waals surface area contributed by atoms with E-state index in [1.807, 2.05) is 6.92 Å². The summed E-state index contributed by atoms with van der Waals surface area (Å²) in [4.78, 5) is 26.2. The molecule has 0 amide bonds. The second-order valence-corrected chi connectivity index (χ2v) is 4.15. The molecule has 16 heavy (non-hydrogen) atoms. The number of hydrogen-bond acceptors (Lipinski definition) is 3. The van der Waals surface area contributed by atoms with Gasteiger partial charge >= 0.3 is 5.69 Å². The average Bonchev–Trinajstić information content (AvgIpc) is 2.70. The highest BCUT2D eigenvalue weighted by Gasteiger charge is 2.22. The van der Waals surface area contributed by atoms with Crippen molar-refractivity contribution >= 4 is 11.6 Å². The van der Waals surface area contributed by atoms with E-state index in [1.54, 1.807) is 0 Å². The van der Waals surface area contributed by atoms with Gasteiger partial charge in [0.25, 0.3) is 5.56 Å².